The molecule has 4 N–H and O–H groups in total. The second kappa shape index (κ2) is 16.5. The van der Waals surface area contributed by atoms with Gasteiger partial charge in [0.25, 0.3) is 5.91 Å². The van der Waals surface area contributed by atoms with Gasteiger partial charge in [-0.1, -0.05) is 80.6 Å². The predicted octanol–water partition coefficient (Wildman–Crippen LogP) is 3.74. The summed E-state index contributed by atoms with van der Waals surface area (Å²) >= 11 is 0. The zero-order valence-corrected chi connectivity index (χ0v) is 35.2. The van der Waals surface area contributed by atoms with Crippen molar-refractivity contribution in [2.24, 2.45) is 16.7 Å². The quantitative estimate of drug-likeness (QED) is 0.130. The Morgan fingerprint density at radius 2 is 1.40 bits per heavy atom. The van der Waals surface area contributed by atoms with Crippen LogP contribution in [0.4, 0.5) is 0 Å². The first-order valence-corrected chi connectivity index (χ1v) is 20.5. The smallest absolute Gasteiger partial charge is 0.338 e. The number of ether oxygens (including phenoxy) is 5. The van der Waals surface area contributed by atoms with Crippen LogP contribution in [-0.2, 0) is 42.9 Å². The molecule has 4 aliphatic rings. The van der Waals surface area contributed by atoms with Crippen LogP contribution in [0.2, 0.25) is 0 Å². The number of nitrogens with one attached hydrogen (secondary N) is 1. The Kier molecular flexibility index (Phi) is 11.8. The van der Waals surface area contributed by atoms with E-state index < -0.39 is 113 Å². The Balaban J connectivity index is 1.39. The van der Waals surface area contributed by atoms with E-state index in [-0.39, 0.29) is 35.3 Å². The van der Waals surface area contributed by atoms with Gasteiger partial charge in [-0.3, -0.25) is 19.2 Å². The molecule has 0 spiro atoms. The molecular weight excluding hydrogens is 808 g/mol. The van der Waals surface area contributed by atoms with E-state index >= 15 is 4.79 Å². The lowest BCUT2D eigenvalue weighted by Crippen LogP contribution is -2.82. The summed E-state index contributed by atoms with van der Waals surface area (Å²) in [6.45, 7) is 7.97. The minimum Gasteiger partial charge on any atom is -0.456 e. The van der Waals surface area contributed by atoms with Gasteiger partial charge in [-0.2, -0.15) is 0 Å². The molecule has 2 bridgehead atoms. The summed E-state index contributed by atoms with van der Waals surface area (Å²) in [6.07, 6.45) is -10.5. The van der Waals surface area contributed by atoms with Gasteiger partial charge in [-0.25, -0.2) is 9.59 Å². The SMILES string of the molecule is CC(=O)O[C@H]1C(=O)[C@]2(C)[C@@H](O)C[C@H]3OC[C@@]3(OC(C)=O)[C@@H]2[C@H](OC(=O)[13c]2[13cH][13cH][13cH][13cH][13cH]2)[C@]2(O)C[C@H](OC(=O)[C@@H](O)[C@H](NC(=O)c3ccccc3)c3ccccc3)C(C)=C1C2(C)C. The maximum Gasteiger partial charge on any atom is 0.338 e. The fourth-order valence-corrected chi connectivity index (χ4v) is 10.2. The Morgan fingerprint density at radius 3 is 1.95 bits per heavy atom. The predicted molar refractivity (Wildman–Crippen MR) is 218 cm³/mol. The van der Waals surface area contributed by atoms with Crippen LogP contribution in [0, 0.1) is 16.7 Å². The van der Waals surface area contributed by atoms with Crippen molar-refractivity contribution < 1.29 is 67.8 Å². The number of ketones is 1. The van der Waals surface area contributed by atoms with Gasteiger partial charge in [0, 0.05) is 37.7 Å². The minimum atomic E-state index is -2.39. The molecule has 1 heterocycles. The van der Waals surface area contributed by atoms with Gasteiger partial charge in [0.2, 0.25) is 0 Å². The van der Waals surface area contributed by atoms with Gasteiger partial charge in [0.1, 0.15) is 23.9 Å². The van der Waals surface area contributed by atoms with Gasteiger partial charge in [-0.05, 0) is 54.8 Å². The summed E-state index contributed by atoms with van der Waals surface area (Å²) in [7, 11) is 0. The van der Waals surface area contributed by atoms with Gasteiger partial charge in [0.05, 0.1) is 35.6 Å². The largest absolute Gasteiger partial charge is 0.456 e. The van der Waals surface area contributed by atoms with Crippen LogP contribution in [-0.4, -0.2) is 105 Å². The summed E-state index contributed by atoms with van der Waals surface area (Å²) < 4.78 is 30.3. The lowest BCUT2D eigenvalue weighted by Gasteiger charge is -2.67. The number of Topliss-reactive ketones (excluding diaryl/α,β-unsaturated/α-hetero) is 1. The molecule has 0 aromatic heterocycles. The van der Waals surface area contributed by atoms with Gasteiger partial charge in [-0.15, -0.1) is 0 Å². The van der Waals surface area contributed by atoms with Crippen LogP contribution in [0.15, 0.2) is 102 Å². The normalized spacial score (nSPS) is 31.9. The van der Waals surface area contributed by atoms with Crippen LogP contribution in [0.25, 0.3) is 0 Å². The van der Waals surface area contributed by atoms with E-state index in [1.54, 1.807) is 92.7 Å². The molecule has 2 saturated carbocycles. The van der Waals surface area contributed by atoms with Crippen molar-refractivity contribution in [3.05, 3.63) is 119 Å². The molecule has 7 rings (SSSR count). The molecular formula is C47H51NO14. The van der Waals surface area contributed by atoms with E-state index in [1.807, 2.05) is 0 Å². The molecule has 1 saturated heterocycles. The Labute approximate surface area is 358 Å². The van der Waals surface area contributed by atoms with Crippen LogP contribution >= 0.6 is 0 Å². The number of esters is 4. The van der Waals surface area contributed by atoms with E-state index in [9.17, 15) is 39.3 Å². The van der Waals surface area contributed by atoms with Gasteiger partial charge < -0.3 is 44.3 Å². The van der Waals surface area contributed by atoms with Crippen LogP contribution < -0.4 is 5.32 Å². The number of carbonyl (C=O) groups excluding carboxylic acids is 6. The van der Waals surface area contributed by atoms with Crippen LogP contribution in [0.1, 0.15) is 86.7 Å². The third kappa shape index (κ3) is 7.29. The molecule has 15 nitrogen and oxygen atoms in total. The number of aliphatic hydroxyl groups is 3. The third-order valence-corrected chi connectivity index (χ3v) is 13.5. The molecule has 3 aliphatic carbocycles. The number of amides is 1. The monoisotopic (exact) mass is 859 g/mol. The third-order valence-electron chi connectivity index (χ3n) is 13.5. The van der Waals surface area contributed by atoms with Crippen molar-refractivity contribution >= 4 is 35.6 Å². The van der Waals surface area contributed by atoms with Crippen LogP contribution in [0.5, 0.6) is 0 Å². The number of carbonyl (C=O) groups is 6. The maximum atomic E-state index is 15.5. The number of fused-ring (bicyclic) bond motifs is 5. The van der Waals surface area contributed by atoms with Crippen molar-refractivity contribution in [3.8, 4) is 0 Å². The molecule has 15 heteroatoms. The highest BCUT2D eigenvalue weighted by Gasteiger charge is 2.78. The highest BCUT2D eigenvalue weighted by molar-refractivity contribution is 5.96. The number of hydrogen-bond acceptors (Lipinski definition) is 14. The summed E-state index contributed by atoms with van der Waals surface area (Å²) in [6, 6.07) is 22.9. The maximum absolute atomic E-state index is 15.5. The first-order valence-electron chi connectivity index (χ1n) is 20.5. The van der Waals surface area contributed by atoms with E-state index in [0.29, 0.717) is 5.56 Å². The average molecular weight is 860 g/mol. The van der Waals surface area contributed by atoms with Gasteiger partial charge >= 0.3 is 23.9 Å². The highest BCUT2D eigenvalue weighted by Crippen LogP contribution is 2.64. The summed E-state index contributed by atoms with van der Waals surface area (Å²) in [4.78, 5) is 83.5. The molecule has 62 heavy (non-hydrogen) atoms. The molecule has 1 amide bonds. The van der Waals surface area contributed by atoms with Crippen molar-refractivity contribution in [1.82, 2.24) is 5.32 Å². The van der Waals surface area contributed by atoms with Crippen molar-refractivity contribution in [3.63, 3.8) is 0 Å². The van der Waals surface area contributed by atoms with Crippen molar-refractivity contribution in [2.75, 3.05) is 6.61 Å². The lowest BCUT2D eigenvalue weighted by atomic mass is 9.44. The van der Waals surface area contributed by atoms with Crippen LogP contribution in [0.3, 0.4) is 0 Å². The topological polar surface area (TPSA) is 221 Å². The fraction of sp³-hybridized carbons (Fsp3) is 0.447. The Morgan fingerprint density at radius 1 is 0.823 bits per heavy atom. The molecule has 328 valence electrons. The highest BCUT2D eigenvalue weighted by atomic mass is 16.6. The average Bonchev–Trinajstić information content (AvgIpc) is 3.24. The van der Waals surface area contributed by atoms with Gasteiger partial charge in [0.15, 0.2) is 23.6 Å². The number of benzene rings is 3. The number of hydrogen-bond donors (Lipinski definition) is 4. The molecule has 11 atom stereocenters. The minimum absolute atomic E-state index is 0.00289. The van der Waals surface area contributed by atoms with E-state index in [1.165, 1.54) is 26.0 Å². The zero-order valence-electron chi connectivity index (χ0n) is 35.2. The second-order valence-corrected chi connectivity index (χ2v) is 17.4. The standard InChI is InChI=1S/C47H51NO14/c1-25-31(60-43(56)36(52)35(28-16-10-7-11-17-28)48-41(54)29-18-12-8-13-19-29)23-47(57)40(61-42(55)30-20-14-9-15-21-30)38-45(6,32(51)22-33-46(38,24-58-33)62-27(3)50)39(53)37(59-26(2)49)34(25)44(47,4)5/h7-21,31-33,35-38,40,51-52,57H,22-24H2,1-6H3,(H,48,54)/t31-,32-,33+,35+,36-,37+,38+,40-,45+,46-,47+/m0/s1/i9+1,14+1,15+1,20+1,21+1,30+1. The fourth-order valence-electron chi connectivity index (χ4n) is 10.2. The summed E-state index contributed by atoms with van der Waals surface area (Å²) in [5, 5.41) is 40.2. The molecule has 0 radical (unpaired) electrons. The Bertz CT molecular complexity index is 2280. The van der Waals surface area contributed by atoms with E-state index in [0.717, 1.165) is 13.8 Å². The molecule has 1 aliphatic heterocycles. The Hall–Kier alpha value is -5.74. The van der Waals surface area contributed by atoms with Crippen molar-refractivity contribution in [1.29, 1.82) is 0 Å². The first kappa shape index (κ1) is 44.3. The summed E-state index contributed by atoms with van der Waals surface area (Å²) in [5.41, 5.74) is -7.02. The number of aliphatic hydroxyl groups excluding tert-OH is 2. The number of rotatable bonds is 10. The molecule has 3 aromatic rings. The second-order valence-electron chi connectivity index (χ2n) is 17.4. The first-order chi connectivity index (χ1) is 29.3. The molecule has 0 unspecified atom stereocenters. The molecule has 3 fully saturated rings. The summed E-state index contributed by atoms with van der Waals surface area (Å²) in [5.74, 6) is -6.84. The molecule has 3 aromatic carbocycles. The zero-order chi connectivity index (χ0) is 44.9. The van der Waals surface area contributed by atoms with Crippen molar-refractivity contribution in [2.45, 2.75) is 108 Å². The lowest BCUT2D eigenvalue weighted by molar-refractivity contribution is -0.346. The van der Waals surface area contributed by atoms with E-state index in [4.69, 9.17) is 23.7 Å². The van der Waals surface area contributed by atoms with E-state index in [2.05, 4.69) is 5.32 Å².